The van der Waals surface area contributed by atoms with Crippen molar-refractivity contribution in [2.45, 2.75) is 25.2 Å². The lowest BCUT2D eigenvalue weighted by molar-refractivity contribution is -0.121. The Morgan fingerprint density at radius 2 is 1.85 bits per heavy atom. The van der Waals surface area contributed by atoms with Crippen molar-refractivity contribution in [3.8, 4) is 5.75 Å². The number of nitrogens with one attached hydrogen (secondary N) is 2. The van der Waals surface area contributed by atoms with Crippen LogP contribution in [0.5, 0.6) is 5.75 Å². The normalized spacial score (nSPS) is 10.3. The number of rotatable bonds is 6. The summed E-state index contributed by atoms with van der Waals surface area (Å²) in [6, 6.07) is 10.9. The Morgan fingerprint density at radius 1 is 1.08 bits per heavy atom. The fourth-order valence-corrected chi connectivity index (χ4v) is 3.30. The van der Waals surface area contributed by atoms with E-state index in [1.807, 2.05) is 6.07 Å². The second-order valence-corrected chi connectivity index (χ2v) is 7.30. The van der Waals surface area contributed by atoms with E-state index in [0.29, 0.717) is 16.5 Å². The molecule has 2 aromatic rings. The summed E-state index contributed by atoms with van der Waals surface area (Å²) >= 11 is 7.50. The lowest BCUT2D eigenvalue weighted by Gasteiger charge is -2.11. The van der Waals surface area contributed by atoms with Crippen LogP contribution in [0.15, 0.2) is 41.3 Å². The zero-order chi connectivity index (χ0) is 19.1. The third-order valence-electron chi connectivity index (χ3n) is 3.80. The summed E-state index contributed by atoms with van der Waals surface area (Å²) in [5.41, 5.74) is 7.51. The maximum atomic E-state index is 12.2. The molecule has 0 aromatic heterocycles. The van der Waals surface area contributed by atoms with E-state index in [4.69, 9.17) is 16.3 Å². The highest BCUT2D eigenvalue weighted by molar-refractivity contribution is 7.99. The Bertz CT molecular complexity index is 811. The third kappa shape index (κ3) is 5.68. The van der Waals surface area contributed by atoms with E-state index >= 15 is 0 Å². The molecule has 0 atom stereocenters. The predicted octanol–water partition coefficient (Wildman–Crippen LogP) is 3.91. The summed E-state index contributed by atoms with van der Waals surface area (Å²) in [5.74, 6) is 0.242. The molecular formula is C19H21ClN2O3S. The number of carbonyl (C=O) groups is 2. The fraction of sp³-hybridized carbons (Fsp3) is 0.263. The van der Waals surface area contributed by atoms with Crippen molar-refractivity contribution in [1.82, 2.24) is 10.9 Å². The Hall–Kier alpha value is -2.18. The van der Waals surface area contributed by atoms with Gasteiger partial charge in [-0.25, -0.2) is 0 Å². The van der Waals surface area contributed by atoms with Gasteiger partial charge in [-0.3, -0.25) is 20.4 Å². The maximum absolute atomic E-state index is 12.2. The predicted molar refractivity (Wildman–Crippen MR) is 105 cm³/mol. The highest BCUT2D eigenvalue weighted by Gasteiger charge is 2.13. The lowest BCUT2D eigenvalue weighted by Crippen LogP contribution is -2.41. The van der Waals surface area contributed by atoms with Gasteiger partial charge in [0.2, 0.25) is 5.91 Å². The van der Waals surface area contributed by atoms with Crippen molar-refractivity contribution in [2.24, 2.45) is 0 Å². The molecule has 0 saturated heterocycles. The van der Waals surface area contributed by atoms with Gasteiger partial charge in [0.25, 0.3) is 5.91 Å². The number of hydrazine groups is 1. The molecule has 0 fully saturated rings. The van der Waals surface area contributed by atoms with Crippen LogP contribution in [0.1, 0.15) is 27.9 Å². The standard InChI is InChI=1S/C19H21ClN2O3S/c1-12-4-6-15(10-13(12)2)26-9-8-18(23)21-22-19(24)16-11-14(20)5-7-17(16)25-3/h4-7,10-11H,8-9H2,1-3H3,(H,21,23)(H,22,24). The molecule has 0 bridgehead atoms. The van der Waals surface area contributed by atoms with Crippen LogP contribution in [0.2, 0.25) is 5.02 Å². The van der Waals surface area contributed by atoms with Gasteiger partial charge in [0.1, 0.15) is 5.75 Å². The van der Waals surface area contributed by atoms with Crippen LogP contribution in [-0.4, -0.2) is 24.7 Å². The van der Waals surface area contributed by atoms with Crippen molar-refractivity contribution in [3.63, 3.8) is 0 Å². The maximum Gasteiger partial charge on any atom is 0.273 e. The zero-order valence-corrected chi connectivity index (χ0v) is 16.5. The number of hydrogen-bond donors (Lipinski definition) is 2. The van der Waals surface area contributed by atoms with Crippen LogP contribution in [0, 0.1) is 13.8 Å². The van der Waals surface area contributed by atoms with Gasteiger partial charge in [0.15, 0.2) is 0 Å². The van der Waals surface area contributed by atoms with Crippen molar-refractivity contribution in [1.29, 1.82) is 0 Å². The van der Waals surface area contributed by atoms with Gasteiger partial charge >= 0.3 is 0 Å². The first kappa shape index (κ1) is 20.1. The van der Waals surface area contributed by atoms with Gasteiger partial charge in [-0.1, -0.05) is 17.7 Å². The van der Waals surface area contributed by atoms with Gasteiger partial charge in [0, 0.05) is 22.1 Å². The van der Waals surface area contributed by atoms with Crippen LogP contribution in [0.25, 0.3) is 0 Å². The molecule has 5 nitrogen and oxygen atoms in total. The van der Waals surface area contributed by atoms with E-state index in [1.165, 1.54) is 24.3 Å². The number of methoxy groups -OCH3 is 1. The minimum Gasteiger partial charge on any atom is -0.496 e. The molecule has 7 heteroatoms. The minimum absolute atomic E-state index is 0.254. The second-order valence-electron chi connectivity index (χ2n) is 5.69. The van der Waals surface area contributed by atoms with Crippen molar-refractivity contribution >= 4 is 35.2 Å². The molecule has 0 unspecified atom stereocenters. The Balaban J connectivity index is 1.80. The number of halogens is 1. The van der Waals surface area contributed by atoms with E-state index in [2.05, 4.69) is 36.8 Å². The average Bonchev–Trinajstić information content (AvgIpc) is 2.62. The third-order valence-corrected chi connectivity index (χ3v) is 5.03. The average molecular weight is 393 g/mol. The molecule has 2 amide bonds. The Labute approximate surface area is 162 Å². The van der Waals surface area contributed by atoms with Crippen LogP contribution in [0.4, 0.5) is 0 Å². The number of amides is 2. The molecule has 0 saturated carbocycles. The zero-order valence-electron chi connectivity index (χ0n) is 14.9. The largest absolute Gasteiger partial charge is 0.496 e. The first-order valence-corrected chi connectivity index (χ1v) is 9.40. The van der Waals surface area contributed by atoms with E-state index in [9.17, 15) is 9.59 Å². The van der Waals surface area contributed by atoms with Gasteiger partial charge in [-0.05, 0) is 55.3 Å². The summed E-state index contributed by atoms with van der Waals surface area (Å²) in [5, 5.41) is 0.409. The molecule has 2 aromatic carbocycles. The number of thioether (sulfide) groups is 1. The SMILES string of the molecule is COc1ccc(Cl)cc1C(=O)NNC(=O)CCSc1ccc(C)c(C)c1. The summed E-state index contributed by atoms with van der Waals surface area (Å²) in [4.78, 5) is 25.2. The minimum atomic E-state index is -0.487. The fourth-order valence-electron chi connectivity index (χ4n) is 2.18. The number of carbonyl (C=O) groups excluding carboxylic acids is 2. The van der Waals surface area contributed by atoms with Crippen molar-refractivity contribution in [2.75, 3.05) is 12.9 Å². The van der Waals surface area contributed by atoms with Gasteiger partial charge < -0.3 is 4.74 Å². The van der Waals surface area contributed by atoms with E-state index in [0.717, 1.165) is 4.90 Å². The summed E-state index contributed by atoms with van der Waals surface area (Å²) < 4.78 is 5.12. The van der Waals surface area contributed by atoms with Crippen molar-refractivity contribution in [3.05, 3.63) is 58.1 Å². The first-order valence-electron chi connectivity index (χ1n) is 8.03. The van der Waals surface area contributed by atoms with E-state index < -0.39 is 5.91 Å². The quantitative estimate of drug-likeness (QED) is 0.577. The van der Waals surface area contributed by atoms with E-state index in [1.54, 1.807) is 23.9 Å². The lowest BCUT2D eigenvalue weighted by atomic mass is 10.1. The monoisotopic (exact) mass is 392 g/mol. The Morgan fingerprint density at radius 3 is 2.54 bits per heavy atom. The molecule has 138 valence electrons. The Kier molecular flexibility index (Phi) is 7.36. The highest BCUT2D eigenvalue weighted by Crippen LogP contribution is 2.23. The molecule has 26 heavy (non-hydrogen) atoms. The highest BCUT2D eigenvalue weighted by atomic mass is 35.5. The number of ether oxygens (including phenoxy) is 1. The smallest absolute Gasteiger partial charge is 0.273 e. The van der Waals surface area contributed by atoms with Crippen LogP contribution < -0.4 is 15.6 Å². The van der Waals surface area contributed by atoms with Crippen LogP contribution >= 0.6 is 23.4 Å². The number of benzene rings is 2. The van der Waals surface area contributed by atoms with Gasteiger partial charge in [-0.2, -0.15) is 0 Å². The molecule has 2 rings (SSSR count). The summed E-state index contributed by atoms with van der Waals surface area (Å²) in [7, 11) is 1.46. The summed E-state index contributed by atoms with van der Waals surface area (Å²) in [6.07, 6.45) is 0.282. The molecule has 0 heterocycles. The van der Waals surface area contributed by atoms with Crippen molar-refractivity contribution < 1.29 is 14.3 Å². The molecule has 0 radical (unpaired) electrons. The molecule has 0 aliphatic heterocycles. The second kappa shape index (κ2) is 9.50. The van der Waals surface area contributed by atoms with Crippen LogP contribution in [0.3, 0.4) is 0 Å². The van der Waals surface area contributed by atoms with Crippen LogP contribution in [-0.2, 0) is 4.79 Å². The molecular weight excluding hydrogens is 372 g/mol. The van der Waals surface area contributed by atoms with Gasteiger partial charge in [-0.15, -0.1) is 11.8 Å². The topological polar surface area (TPSA) is 67.4 Å². The molecule has 0 aliphatic rings. The number of hydrogen-bond acceptors (Lipinski definition) is 4. The molecule has 0 spiro atoms. The number of aryl methyl sites for hydroxylation is 2. The summed E-state index contributed by atoms with van der Waals surface area (Å²) in [6.45, 7) is 4.13. The van der Waals surface area contributed by atoms with Gasteiger partial charge in [0.05, 0.1) is 12.7 Å². The molecule has 0 aliphatic carbocycles. The van der Waals surface area contributed by atoms with E-state index in [-0.39, 0.29) is 17.9 Å². The first-order chi connectivity index (χ1) is 12.4. The molecule has 2 N–H and O–H groups in total.